The fourth-order valence-electron chi connectivity index (χ4n) is 5.48. The smallest absolute Gasteiger partial charge is 0.264 e. The molecule has 0 heterocycles. The first-order chi connectivity index (χ1) is 22.1. The molecule has 4 aromatic rings. The Bertz CT molecular complexity index is 1740. The summed E-state index contributed by atoms with van der Waals surface area (Å²) in [7, 11) is -4.18. The monoisotopic (exact) mass is 703 g/mol. The van der Waals surface area contributed by atoms with Crippen LogP contribution < -0.4 is 14.4 Å². The summed E-state index contributed by atoms with van der Waals surface area (Å²) in [6, 6.07) is 29.1. The molecule has 1 fully saturated rings. The van der Waals surface area contributed by atoms with E-state index in [1.165, 1.54) is 17.0 Å². The van der Waals surface area contributed by atoms with Crippen LogP contribution in [0, 0.1) is 6.92 Å². The second-order valence-corrected chi connectivity index (χ2v) is 14.3. The van der Waals surface area contributed by atoms with Crippen molar-refractivity contribution in [2.75, 3.05) is 10.8 Å². The van der Waals surface area contributed by atoms with E-state index >= 15 is 0 Å². The normalized spacial score (nSPS) is 14.0. The summed E-state index contributed by atoms with van der Waals surface area (Å²) in [6.07, 6.45) is 3.93. The number of nitrogens with zero attached hydrogens (tertiary/aromatic N) is 2. The van der Waals surface area contributed by atoms with Crippen LogP contribution >= 0.6 is 15.9 Å². The number of sulfonamides is 1. The summed E-state index contributed by atoms with van der Waals surface area (Å²) in [4.78, 5) is 29.2. The number of nitrogens with one attached hydrogen (secondary N) is 1. The highest BCUT2D eigenvalue weighted by molar-refractivity contribution is 9.10. The molecule has 10 heteroatoms. The number of anilines is 1. The second-order valence-electron chi connectivity index (χ2n) is 11.6. The SMILES string of the molecule is Cc1ccc(S(=O)(=O)N(CC(=O)N(Cc2cccc(Br)c2)C(C)C(=O)NC2CCCC2)c2ccc(Oc3ccccc3)cc2)cc1. The van der Waals surface area contributed by atoms with E-state index in [0.29, 0.717) is 17.2 Å². The molecule has 0 saturated heterocycles. The second kappa shape index (κ2) is 15.0. The highest BCUT2D eigenvalue weighted by atomic mass is 79.9. The van der Waals surface area contributed by atoms with Gasteiger partial charge in [-0.1, -0.05) is 76.8 Å². The maximum Gasteiger partial charge on any atom is 0.264 e. The first-order valence-corrected chi connectivity index (χ1v) is 17.6. The lowest BCUT2D eigenvalue weighted by Gasteiger charge is -2.32. The van der Waals surface area contributed by atoms with Crippen LogP contribution in [0.2, 0.25) is 0 Å². The zero-order chi connectivity index (χ0) is 32.7. The summed E-state index contributed by atoms with van der Waals surface area (Å²) < 4.78 is 36.2. The molecule has 1 atom stereocenters. The van der Waals surface area contributed by atoms with Crippen molar-refractivity contribution in [1.82, 2.24) is 10.2 Å². The summed E-state index contributed by atoms with van der Waals surface area (Å²) in [5, 5.41) is 3.10. The van der Waals surface area contributed by atoms with E-state index in [1.807, 2.05) is 61.5 Å². The maximum absolute atomic E-state index is 14.2. The van der Waals surface area contributed by atoms with E-state index in [4.69, 9.17) is 4.74 Å². The van der Waals surface area contributed by atoms with Crippen molar-refractivity contribution in [3.63, 3.8) is 0 Å². The van der Waals surface area contributed by atoms with Gasteiger partial charge in [-0.05, 0) is 92.9 Å². The zero-order valence-electron chi connectivity index (χ0n) is 25.9. The number of hydrogen-bond donors (Lipinski definition) is 1. The van der Waals surface area contributed by atoms with Gasteiger partial charge in [0.1, 0.15) is 24.1 Å². The summed E-state index contributed by atoms with van der Waals surface area (Å²) >= 11 is 3.49. The largest absolute Gasteiger partial charge is 0.457 e. The number of amides is 2. The molecule has 1 saturated carbocycles. The van der Waals surface area contributed by atoms with Crippen LogP contribution in [0.15, 0.2) is 112 Å². The maximum atomic E-state index is 14.2. The van der Waals surface area contributed by atoms with Crippen molar-refractivity contribution in [2.45, 2.75) is 63.1 Å². The average Bonchev–Trinajstić information content (AvgIpc) is 3.56. The lowest BCUT2D eigenvalue weighted by atomic mass is 10.1. The van der Waals surface area contributed by atoms with Crippen molar-refractivity contribution in [3.8, 4) is 11.5 Å². The van der Waals surface area contributed by atoms with Crippen LogP contribution in [-0.4, -0.2) is 43.8 Å². The number of carbonyl (C=O) groups is 2. The van der Waals surface area contributed by atoms with Crippen LogP contribution in [-0.2, 0) is 26.2 Å². The predicted octanol–water partition coefficient (Wildman–Crippen LogP) is 7.22. The standard InChI is InChI=1S/C36H38BrN3O5S/c1-26-15-21-34(22-16-26)46(43,44)40(31-17-19-33(20-18-31)45-32-13-4-3-5-14-32)25-35(41)39(24-28-9-8-10-29(37)23-28)27(2)36(42)38-30-11-6-7-12-30/h3-5,8-10,13-23,27,30H,6-7,11-12,24-25H2,1-2H3,(H,38,42). The Morgan fingerprint density at radius 2 is 1.54 bits per heavy atom. The third-order valence-corrected chi connectivity index (χ3v) is 10.4. The summed E-state index contributed by atoms with van der Waals surface area (Å²) in [5.41, 5.74) is 2.00. The zero-order valence-corrected chi connectivity index (χ0v) is 28.3. The van der Waals surface area contributed by atoms with Gasteiger partial charge in [-0.15, -0.1) is 0 Å². The van der Waals surface area contributed by atoms with E-state index in [-0.39, 0.29) is 23.4 Å². The Morgan fingerprint density at radius 3 is 2.20 bits per heavy atom. The third kappa shape index (κ3) is 8.35. The number of carbonyl (C=O) groups excluding carboxylic acids is 2. The van der Waals surface area contributed by atoms with Crippen molar-refractivity contribution >= 4 is 43.5 Å². The first kappa shape index (κ1) is 33.2. The van der Waals surface area contributed by atoms with Gasteiger partial charge in [0.15, 0.2) is 0 Å². The van der Waals surface area contributed by atoms with Gasteiger partial charge in [0, 0.05) is 17.1 Å². The lowest BCUT2D eigenvalue weighted by molar-refractivity contribution is -0.139. The molecule has 1 aliphatic rings. The van der Waals surface area contributed by atoms with E-state index in [2.05, 4.69) is 21.2 Å². The Kier molecular flexibility index (Phi) is 10.8. The minimum Gasteiger partial charge on any atom is -0.457 e. The Labute approximate surface area is 279 Å². The van der Waals surface area contributed by atoms with E-state index in [9.17, 15) is 18.0 Å². The number of aryl methyl sites for hydroxylation is 1. The van der Waals surface area contributed by atoms with Gasteiger partial charge in [-0.3, -0.25) is 13.9 Å². The van der Waals surface area contributed by atoms with Crippen molar-refractivity contribution in [1.29, 1.82) is 0 Å². The fourth-order valence-corrected chi connectivity index (χ4v) is 7.34. The van der Waals surface area contributed by atoms with Gasteiger partial charge in [0.2, 0.25) is 11.8 Å². The van der Waals surface area contributed by atoms with E-state index in [1.54, 1.807) is 43.3 Å². The average molecular weight is 705 g/mol. The molecule has 2 amide bonds. The van der Waals surface area contributed by atoms with Crippen molar-refractivity contribution in [2.24, 2.45) is 0 Å². The van der Waals surface area contributed by atoms with E-state index < -0.39 is 28.5 Å². The van der Waals surface area contributed by atoms with Gasteiger partial charge in [0.25, 0.3) is 10.0 Å². The molecule has 0 bridgehead atoms. The van der Waals surface area contributed by atoms with Gasteiger partial charge in [-0.25, -0.2) is 8.42 Å². The predicted molar refractivity (Wildman–Crippen MR) is 183 cm³/mol. The Balaban J connectivity index is 1.47. The summed E-state index contributed by atoms with van der Waals surface area (Å²) in [6.45, 7) is 3.18. The van der Waals surface area contributed by atoms with Crippen molar-refractivity contribution in [3.05, 3.63) is 119 Å². The van der Waals surface area contributed by atoms with Crippen LogP contribution in [0.25, 0.3) is 0 Å². The highest BCUT2D eigenvalue weighted by Gasteiger charge is 2.33. The molecule has 8 nitrogen and oxygen atoms in total. The topological polar surface area (TPSA) is 96.0 Å². The molecule has 1 aliphatic carbocycles. The number of para-hydroxylation sites is 1. The quantitative estimate of drug-likeness (QED) is 0.168. The first-order valence-electron chi connectivity index (χ1n) is 15.4. The fraction of sp³-hybridized carbons (Fsp3) is 0.278. The molecule has 0 aromatic heterocycles. The Hall–Kier alpha value is -4.15. The van der Waals surface area contributed by atoms with Gasteiger partial charge in [-0.2, -0.15) is 0 Å². The van der Waals surface area contributed by atoms with E-state index in [0.717, 1.165) is 45.6 Å². The minimum absolute atomic E-state index is 0.0566. The van der Waals surface area contributed by atoms with Gasteiger partial charge in [0.05, 0.1) is 10.6 Å². The number of benzene rings is 4. The van der Waals surface area contributed by atoms with Crippen LogP contribution in [0.5, 0.6) is 11.5 Å². The van der Waals surface area contributed by atoms with Crippen LogP contribution in [0.3, 0.4) is 0 Å². The third-order valence-electron chi connectivity index (χ3n) is 8.10. The molecule has 240 valence electrons. The number of hydrogen-bond acceptors (Lipinski definition) is 5. The van der Waals surface area contributed by atoms with Gasteiger partial charge >= 0.3 is 0 Å². The molecule has 5 rings (SSSR count). The number of ether oxygens (including phenoxy) is 1. The molecular weight excluding hydrogens is 666 g/mol. The molecule has 0 radical (unpaired) electrons. The van der Waals surface area contributed by atoms with Crippen LogP contribution in [0.4, 0.5) is 5.69 Å². The molecule has 46 heavy (non-hydrogen) atoms. The molecule has 4 aromatic carbocycles. The van der Waals surface area contributed by atoms with Crippen LogP contribution in [0.1, 0.15) is 43.7 Å². The highest BCUT2D eigenvalue weighted by Crippen LogP contribution is 2.29. The Morgan fingerprint density at radius 1 is 0.891 bits per heavy atom. The molecule has 0 spiro atoms. The molecule has 1 N–H and O–H groups in total. The molecule has 1 unspecified atom stereocenters. The minimum atomic E-state index is -4.18. The number of rotatable bonds is 12. The lowest BCUT2D eigenvalue weighted by Crippen LogP contribution is -2.52. The van der Waals surface area contributed by atoms with Gasteiger partial charge < -0.3 is 15.0 Å². The molecular formula is C36H38BrN3O5S. The summed E-state index contributed by atoms with van der Waals surface area (Å²) in [5.74, 6) is 0.394. The number of halogens is 1. The molecule has 0 aliphatic heterocycles. The van der Waals surface area contributed by atoms with Crippen molar-refractivity contribution < 1.29 is 22.7 Å².